The van der Waals surface area contributed by atoms with Gasteiger partial charge in [0.05, 0.1) is 25.5 Å². The first kappa shape index (κ1) is 15.6. The van der Waals surface area contributed by atoms with E-state index >= 15 is 0 Å². The Hall–Kier alpha value is -1.96. The smallest absolute Gasteiger partial charge is 0.253 e. The van der Waals surface area contributed by atoms with Crippen LogP contribution in [0.5, 0.6) is 0 Å². The molecule has 0 N–H and O–H groups in total. The van der Waals surface area contributed by atoms with E-state index in [1.165, 1.54) is 0 Å². The SMILES string of the molecule is O=C(C1CN(Cc2cn3ccccc3n2)CCO1)N1CCOCC1. The molecule has 1 unspecified atom stereocenters. The van der Waals surface area contributed by atoms with E-state index in [0.717, 1.165) is 24.4 Å². The molecule has 0 aliphatic carbocycles. The van der Waals surface area contributed by atoms with E-state index in [9.17, 15) is 4.79 Å². The van der Waals surface area contributed by atoms with Gasteiger partial charge in [0.2, 0.25) is 0 Å². The van der Waals surface area contributed by atoms with Crippen molar-refractivity contribution in [1.29, 1.82) is 0 Å². The third-order valence-corrected chi connectivity index (χ3v) is 4.55. The first-order valence-corrected chi connectivity index (χ1v) is 8.43. The lowest BCUT2D eigenvalue weighted by Crippen LogP contribution is -2.53. The number of carbonyl (C=O) groups excluding carboxylic acids is 1. The van der Waals surface area contributed by atoms with E-state index in [4.69, 9.17) is 9.47 Å². The molecule has 4 rings (SSSR count). The zero-order valence-corrected chi connectivity index (χ0v) is 13.6. The molecule has 4 heterocycles. The number of amides is 1. The molecule has 0 radical (unpaired) electrons. The summed E-state index contributed by atoms with van der Waals surface area (Å²) < 4.78 is 13.1. The van der Waals surface area contributed by atoms with Crippen LogP contribution < -0.4 is 0 Å². The van der Waals surface area contributed by atoms with Gasteiger partial charge in [0, 0.05) is 45.1 Å². The zero-order valence-electron chi connectivity index (χ0n) is 13.6. The van der Waals surface area contributed by atoms with Gasteiger partial charge in [0.15, 0.2) is 0 Å². The molecular formula is C17H22N4O3. The van der Waals surface area contributed by atoms with Crippen molar-refractivity contribution in [2.75, 3.05) is 46.0 Å². The van der Waals surface area contributed by atoms with Crippen molar-refractivity contribution in [2.45, 2.75) is 12.6 Å². The van der Waals surface area contributed by atoms with Gasteiger partial charge in [-0.05, 0) is 12.1 Å². The first-order valence-electron chi connectivity index (χ1n) is 8.43. The van der Waals surface area contributed by atoms with E-state index in [0.29, 0.717) is 39.5 Å². The number of imidazole rings is 1. The average molecular weight is 330 g/mol. The largest absolute Gasteiger partial charge is 0.378 e. The number of nitrogens with zero attached hydrogens (tertiary/aromatic N) is 4. The Bertz CT molecular complexity index is 678. The number of ether oxygens (including phenoxy) is 2. The van der Waals surface area contributed by atoms with Crippen LogP contribution in [0.2, 0.25) is 0 Å². The van der Waals surface area contributed by atoms with Crippen LogP contribution in [-0.4, -0.2) is 77.2 Å². The van der Waals surface area contributed by atoms with Gasteiger partial charge in [0.1, 0.15) is 11.8 Å². The molecule has 0 aromatic carbocycles. The molecule has 24 heavy (non-hydrogen) atoms. The zero-order chi connectivity index (χ0) is 16.4. The average Bonchev–Trinajstić information content (AvgIpc) is 3.04. The summed E-state index contributed by atoms with van der Waals surface area (Å²) in [6, 6.07) is 5.97. The second kappa shape index (κ2) is 6.88. The van der Waals surface area contributed by atoms with Gasteiger partial charge in [-0.15, -0.1) is 0 Å². The van der Waals surface area contributed by atoms with E-state index in [1.54, 1.807) is 0 Å². The Labute approximate surface area is 140 Å². The number of fused-ring (bicyclic) bond motifs is 1. The minimum absolute atomic E-state index is 0.0815. The highest BCUT2D eigenvalue weighted by atomic mass is 16.5. The van der Waals surface area contributed by atoms with Gasteiger partial charge in [-0.1, -0.05) is 6.07 Å². The predicted molar refractivity (Wildman–Crippen MR) is 87.6 cm³/mol. The third kappa shape index (κ3) is 3.28. The summed E-state index contributed by atoms with van der Waals surface area (Å²) in [7, 11) is 0. The summed E-state index contributed by atoms with van der Waals surface area (Å²) in [5, 5.41) is 0. The molecule has 2 aromatic heterocycles. The third-order valence-electron chi connectivity index (χ3n) is 4.55. The van der Waals surface area contributed by atoms with E-state index < -0.39 is 0 Å². The van der Waals surface area contributed by atoms with E-state index in [2.05, 4.69) is 9.88 Å². The molecule has 7 heteroatoms. The quantitative estimate of drug-likeness (QED) is 0.815. The Morgan fingerprint density at radius 1 is 1.21 bits per heavy atom. The Morgan fingerprint density at radius 2 is 2.08 bits per heavy atom. The summed E-state index contributed by atoms with van der Waals surface area (Å²) in [5.41, 5.74) is 1.96. The van der Waals surface area contributed by atoms with Crippen molar-refractivity contribution in [1.82, 2.24) is 19.2 Å². The lowest BCUT2D eigenvalue weighted by Gasteiger charge is -2.35. The second-order valence-corrected chi connectivity index (χ2v) is 6.23. The molecule has 1 atom stereocenters. The minimum Gasteiger partial charge on any atom is -0.378 e. The van der Waals surface area contributed by atoms with Crippen LogP contribution >= 0.6 is 0 Å². The molecule has 0 saturated carbocycles. The van der Waals surface area contributed by atoms with Gasteiger partial charge < -0.3 is 18.8 Å². The van der Waals surface area contributed by atoms with Crippen LogP contribution in [0.1, 0.15) is 5.69 Å². The highest BCUT2D eigenvalue weighted by Gasteiger charge is 2.31. The van der Waals surface area contributed by atoms with E-state index in [1.807, 2.05) is 39.9 Å². The van der Waals surface area contributed by atoms with Gasteiger partial charge in [-0.2, -0.15) is 0 Å². The van der Waals surface area contributed by atoms with E-state index in [-0.39, 0.29) is 12.0 Å². The fourth-order valence-electron chi connectivity index (χ4n) is 3.28. The lowest BCUT2D eigenvalue weighted by molar-refractivity contribution is -0.153. The van der Waals surface area contributed by atoms with Crippen LogP contribution in [0.15, 0.2) is 30.6 Å². The number of hydrogen-bond acceptors (Lipinski definition) is 5. The second-order valence-electron chi connectivity index (χ2n) is 6.23. The summed E-state index contributed by atoms with van der Waals surface area (Å²) in [6.45, 7) is 5.29. The molecule has 1 amide bonds. The maximum atomic E-state index is 12.6. The molecule has 2 aliphatic rings. The predicted octanol–water partition coefficient (Wildman–Crippen LogP) is 0.394. The molecule has 128 valence electrons. The number of carbonyl (C=O) groups is 1. The molecular weight excluding hydrogens is 308 g/mol. The Balaban J connectivity index is 1.40. The number of aromatic nitrogens is 2. The topological polar surface area (TPSA) is 59.3 Å². The molecule has 7 nitrogen and oxygen atoms in total. The van der Waals surface area contributed by atoms with Gasteiger partial charge in [0.25, 0.3) is 5.91 Å². The van der Waals surface area contributed by atoms with Crippen molar-refractivity contribution in [2.24, 2.45) is 0 Å². The van der Waals surface area contributed by atoms with Crippen LogP contribution in [0, 0.1) is 0 Å². The fourth-order valence-corrected chi connectivity index (χ4v) is 3.28. The van der Waals surface area contributed by atoms with Crippen LogP contribution in [0.3, 0.4) is 0 Å². The molecule has 2 aliphatic heterocycles. The summed E-state index contributed by atoms with van der Waals surface area (Å²) in [6.07, 6.45) is 3.66. The normalized spacial score (nSPS) is 22.8. The Morgan fingerprint density at radius 3 is 2.92 bits per heavy atom. The van der Waals surface area contributed by atoms with Gasteiger partial charge in [-0.3, -0.25) is 9.69 Å². The summed E-state index contributed by atoms with van der Waals surface area (Å²) in [5.74, 6) is 0.0815. The minimum atomic E-state index is -0.381. The molecule has 2 fully saturated rings. The van der Waals surface area contributed by atoms with Crippen LogP contribution in [0.25, 0.3) is 5.65 Å². The van der Waals surface area contributed by atoms with Crippen LogP contribution in [-0.2, 0) is 20.8 Å². The monoisotopic (exact) mass is 330 g/mol. The molecule has 2 saturated heterocycles. The number of rotatable bonds is 3. The summed E-state index contributed by atoms with van der Waals surface area (Å²) in [4.78, 5) is 21.3. The molecule has 0 spiro atoms. The fraction of sp³-hybridized carbons (Fsp3) is 0.529. The van der Waals surface area contributed by atoms with Crippen molar-refractivity contribution >= 4 is 11.6 Å². The van der Waals surface area contributed by atoms with Crippen LogP contribution in [0.4, 0.5) is 0 Å². The van der Waals surface area contributed by atoms with Crippen molar-refractivity contribution in [3.63, 3.8) is 0 Å². The lowest BCUT2D eigenvalue weighted by atomic mass is 10.2. The van der Waals surface area contributed by atoms with Gasteiger partial charge >= 0.3 is 0 Å². The first-order chi connectivity index (χ1) is 11.8. The maximum absolute atomic E-state index is 12.6. The van der Waals surface area contributed by atoms with Gasteiger partial charge in [-0.25, -0.2) is 4.98 Å². The highest BCUT2D eigenvalue weighted by molar-refractivity contribution is 5.81. The van der Waals surface area contributed by atoms with Crippen molar-refractivity contribution < 1.29 is 14.3 Å². The highest BCUT2D eigenvalue weighted by Crippen LogP contribution is 2.14. The van der Waals surface area contributed by atoms with Crippen molar-refractivity contribution in [3.8, 4) is 0 Å². The standard InChI is InChI=1S/C17H22N4O3/c22-17(20-6-8-23-9-7-20)15-13-19(5-10-24-15)11-14-12-21-4-2-1-3-16(21)18-14/h1-4,12,15H,5-11,13H2. The number of pyridine rings is 1. The summed E-state index contributed by atoms with van der Waals surface area (Å²) >= 11 is 0. The number of hydrogen-bond donors (Lipinski definition) is 0. The Kier molecular flexibility index (Phi) is 4.46. The maximum Gasteiger partial charge on any atom is 0.253 e. The molecule has 0 bridgehead atoms. The van der Waals surface area contributed by atoms with Crippen molar-refractivity contribution in [3.05, 3.63) is 36.3 Å². The number of morpholine rings is 2. The molecule has 2 aromatic rings.